The fourth-order valence-corrected chi connectivity index (χ4v) is 2.31. The van der Waals surface area contributed by atoms with E-state index in [9.17, 15) is 4.79 Å². The summed E-state index contributed by atoms with van der Waals surface area (Å²) in [5.74, 6) is -0.756. The van der Waals surface area contributed by atoms with Crippen LogP contribution in [0.5, 0.6) is 0 Å². The molecule has 0 unspecified atom stereocenters. The molecule has 0 bridgehead atoms. The lowest BCUT2D eigenvalue weighted by molar-refractivity contribution is -0.139. The Labute approximate surface area is 89.4 Å². The number of carboxylic acid groups (broad SMARTS) is 1. The zero-order chi connectivity index (χ0) is 9.31. The Kier molecular flexibility index (Phi) is 3.75. The number of aliphatic carboxylic acids is 1. The average molecular weight is 222 g/mol. The molecule has 2 aliphatic heterocycles. The smallest absolute Gasteiger partial charge is 0.305 e. The normalized spacial score (nSPS) is 35.9. The largest absolute Gasteiger partial charge is 0.481 e. The molecular weight excluding hydrogens is 206 g/mol. The van der Waals surface area contributed by atoms with Gasteiger partial charge in [0.15, 0.2) is 0 Å². The van der Waals surface area contributed by atoms with E-state index in [4.69, 9.17) is 9.84 Å². The lowest BCUT2D eigenvalue weighted by Crippen LogP contribution is -2.24. The highest BCUT2D eigenvalue weighted by atomic mass is 35.5. The van der Waals surface area contributed by atoms with Crippen LogP contribution >= 0.6 is 12.4 Å². The molecule has 82 valence electrons. The third-order valence-corrected chi connectivity index (χ3v) is 3.02. The van der Waals surface area contributed by atoms with Crippen LogP contribution in [0.15, 0.2) is 0 Å². The van der Waals surface area contributed by atoms with Crippen molar-refractivity contribution >= 4 is 18.4 Å². The molecule has 0 aromatic carbocycles. The molecule has 2 fully saturated rings. The van der Waals surface area contributed by atoms with Crippen LogP contribution < -0.4 is 5.32 Å². The Morgan fingerprint density at radius 2 is 2.43 bits per heavy atom. The van der Waals surface area contributed by atoms with Crippen LogP contribution in [0, 0.1) is 5.41 Å². The van der Waals surface area contributed by atoms with Crippen LogP contribution in [0.1, 0.15) is 19.3 Å². The maximum Gasteiger partial charge on any atom is 0.305 e. The van der Waals surface area contributed by atoms with Crippen molar-refractivity contribution < 1.29 is 14.6 Å². The molecule has 0 aliphatic carbocycles. The maximum atomic E-state index is 10.5. The van der Waals surface area contributed by atoms with Crippen molar-refractivity contribution in [3.8, 4) is 0 Å². The van der Waals surface area contributed by atoms with E-state index < -0.39 is 5.97 Å². The van der Waals surface area contributed by atoms with Crippen molar-refractivity contribution in [2.75, 3.05) is 19.7 Å². The molecule has 2 atom stereocenters. The van der Waals surface area contributed by atoms with Gasteiger partial charge in [0.25, 0.3) is 0 Å². The van der Waals surface area contributed by atoms with Gasteiger partial charge in [-0.05, 0) is 19.4 Å². The summed E-state index contributed by atoms with van der Waals surface area (Å²) in [5, 5.41) is 11.9. The van der Waals surface area contributed by atoms with Gasteiger partial charge in [0.1, 0.15) is 0 Å². The number of rotatable bonds is 2. The minimum absolute atomic E-state index is 0. The van der Waals surface area contributed by atoms with Crippen molar-refractivity contribution in [3.05, 3.63) is 0 Å². The molecule has 1 spiro atoms. The lowest BCUT2D eigenvalue weighted by atomic mass is 9.84. The van der Waals surface area contributed by atoms with Crippen molar-refractivity contribution in [1.29, 1.82) is 0 Å². The minimum Gasteiger partial charge on any atom is -0.481 e. The Morgan fingerprint density at radius 3 is 3.00 bits per heavy atom. The first-order chi connectivity index (χ1) is 6.20. The second-order valence-electron chi connectivity index (χ2n) is 4.16. The number of hydrogen-bond acceptors (Lipinski definition) is 3. The lowest BCUT2D eigenvalue weighted by Gasteiger charge is -2.18. The van der Waals surface area contributed by atoms with Crippen LogP contribution in [-0.2, 0) is 9.53 Å². The summed E-state index contributed by atoms with van der Waals surface area (Å²) in [6, 6.07) is 0. The Hall–Kier alpha value is -0.320. The summed E-state index contributed by atoms with van der Waals surface area (Å²) in [4.78, 5) is 10.5. The number of nitrogens with one attached hydrogen (secondary N) is 1. The Morgan fingerprint density at radius 1 is 1.64 bits per heavy atom. The molecule has 0 amide bonds. The molecule has 2 rings (SSSR count). The number of carboxylic acids is 1. The Bertz CT molecular complexity index is 216. The molecule has 2 heterocycles. The average Bonchev–Trinajstić information content (AvgIpc) is 2.63. The summed E-state index contributed by atoms with van der Waals surface area (Å²) >= 11 is 0. The standard InChI is InChI=1S/C9H15NO3.ClH/c11-8(12)3-7-4-9(6-13-7)1-2-10-5-9;/h7,10H,1-6H2,(H,11,12);1H/t7-,9-;/m1./s1. The predicted octanol–water partition coefficient (Wildman–Crippen LogP) is 0.651. The van der Waals surface area contributed by atoms with Gasteiger partial charge in [0.2, 0.25) is 0 Å². The molecule has 2 aliphatic rings. The molecular formula is C9H16ClNO3. The highest BCUT2D eigenvalue weighted by molar-refractivity contribution is 5.85. The fraction of sp³-hybridized carbons (Fsp3) is 0.889. The SMILES string of the molecule is Cl.O=C(O)C[C@@H]1C[C@@]2(CCNC2)CO1. The van der Waals surface area contributed by atoms with Gasteiger partial charge in [-0.25, -0.2) is 0 Å². The van der Waals surface area contributed by atoms with Crippen molar-refractivity contribution in [3.63, 3.8) is 0 Å². The third kappa shape index (κ3) is 2.38. The van der Waals surface area contributed by atoms with E-state index in [1.807, 2.05) is 0 Å². The van der Waals surface area contributed by atoms with Gasteiger partial charge in [0.05, 0.1) is 19.1 Å². The van der Waals surface area contributed by atoms with Crippen LogP contribution in [0.2, 0.25) is 0 Å². The monoisotopic (exact) mass is 221 g/mol. The van der Waals surface area contributed by atoms with Gasteiger partial charge in [-0.15, -0.1) is 12.4 Å². The first-order valence-electron chi connectivity index (χ1n) is 4.74. The van der Waals surface area contributed by atoms with E-state index in [-0.39, 0.29) is 30.3 Å². The zero-order valence-corrected chi connectivity index (χ0v) is 8.81. The number of ether oxygens (including phenoxy) is 1. The van der Waals surface area contributed by atoms with Crippen molar-refractivity contribution in [2.45, 2.75) is 25.4 Å². The summed E-state index contributed by atoms with van der Waals surface area (Å²) in [6.45, 7) is 2.77. The first kappa shape index (κ1) is 11.8. The van der Waals surface area contributed by atoms with E-state index >= 15 is 0 Å². The predicted molar refractivity (Wildman–Crippen MR) is 53.8 cm³/mol. The van der Waals surface area contributed by atoms with Crippen LogP contribution in [0.25, 0.3) is 0 Å². The molecule has 0 saturated carbocycles. The summed E-state index contributed by atoms with van der Waals surface area (Å²) < 4.78 is 5.48. The van der Waals surface area contributed by atoms with Crippen LogP contribution in [0.4, 0.5) is 0 Å². The number of hydrogen-bond donors (Lipinski definition) is 2. The van der Waals surface area contributed by atoms with Gasteiger partial charge in [-0.3, -0.25) is 4.79 Å². The van der Waals surface area contributed by atoms with Crippen molar-refractivity contribution in [1.82, 2.24) is 5.32 Å². The number of carbonyl (C=O) groups is 1. The van der Waals surface area contributed by atoms with E-state index in [0.717, 1.165) is 32.5 Å². The van der Waals surface area contributed by atoms with Gasteiger partial charge in [-0.2, -0.15) is 0 Å². The topological polar surface area (TPSA) is 58.6 Å². The summed E-state index contributed by atoms with van der Waals surface area (Å²) in [5.41, 5.74) is 0.250. The molecule has 4 nitrogen and oxygen atoms in total. The van der Waals surface area contributed by atoms with E-state index in [2.05, 4.69) is 5.32 Å². The van der Waals surface area contributed by atoms with Crippen LogP contribution in [-0.4, -0.2) is 36.9 Å². The Balaban J connectivity index is 0.000000980. The second kappa shape index (κ2) is 4.47. The molecule has 0 aromatic rings. The van der Waals surface area contributed by atoms with Gasteiger partial charge >= 0.3 is 5.97 Å². The van der Waals surface area contributed by atoms with Gasteiger partial charge < -0.3 is 15.2 Å². The van der Waals surface area contributed by atoms with E-state index in [1.165, 1.54) is 0 Å². The first-order valence-corrected chi connectivity index (χ1v) is 4.74. The highest BCUT2D eigenvalue weighted by Gasteiger charge is 2.42. The van der Waals surface area contributed by atoms with Crippen molar-refractivity contribution in [2.24, 2.45) is 5.41 Å². The van der Waals surface area contributed by atoms with E-state index in [1.54, 1.807) is 0 Å². The van der Waals surface area contributed by atoms with Gasteiger partial charge in [0, 0.05) is 12.0 Å². The summed E-state index contributed by atoms with van der Waals surface area (Å²) in [6.07, 6.45) is 2.13. The molecule has 2 N–H and O–H groups in total. The van der Waals surface area contributed by atoms with Crippen LogP contribution in [0.3, 0.4) is 0 Å². The molecule has 0 aromatic heterocycles. The molecule has 0 radical (unpaired) electrons. The zero-order valence-electron chi connectivity index (χ0n) is 7.99. The fourth-order valence-electron chi connectivity index (χ4n) is 2.31. The quantitative estimate of drug-likeness (QED) is 0.719. The molecule has 14 heavy (non-hydrogen) atoms. The van der Waals surface area contributed by atoms with E-state index in [0.29, 0.717) is 0 Å². The maximum absolute atomic E-state index is 10.5. The third-order valence-electron chi connectivity index (χ3n) is 3.02. The molecule has 5 heteroatoms. The highest BCUT2D eigenvalue weighted by Crippen LogP contribution is 2.38. The van der Waals surface area contributed by atoms with Gasteiger partial charge in [-0.1, -0.05) is 0 Å². The summed E-state index contributed by atoms with van der Waals surface area (Å²) in [7, 11) is 0. The minimum atomic E-state index is -0.756. The molecule has 2 saturated heterocycles. The number of halogens is 1. The second-order valence-corrected chi connectivity index (χ2v) is 4.16.